The van der Waals surface area contributed by atoms with Gasteiger partial charge in [-0.2, -0.15) is 0 Å². The molecule has 7 heteroatoms. The molecule has 0 aliphatic carbocycles. The van der Waals surface area contributed by atoms with Gasteiger partial charge in [-0.3, -0.25) is 4.79 Å². The second-order valence-electron chi connectivity index (χ2n) is 6.81. The molecule has 0 saturated carbocycles. The van der Waals surface area contributed by atoms with E-state index in [1.54, 1.807) is 6.08 Å². The summed E-state index contributed by atoms with van der Waals surface area (Å²) in [4.78, 5) is 19.1. The van der Waals surface area contributed by atoms with Crippen LogP contribution in [-0.4, -0.2) is 24.2 Å². The quantitative estimate of drug-likeness (QED) is 0.757. The van der Waals surface area contributed by atoms with E-state index in [2.05, 4.69) is 15.2 Å². The van der Waals surface area contributed by atoms with Crippen molar-refractivity contribution in [3.63, 3.8) is 0 Å². The third-order valence-corrected chi connectivity index (χ3v) is 5.69. The zero-order valence-corrected chi connectivity index (χ0v) is 16.2. The SMILES string of the molecule is Cc1cc(N2CCCC2)c(F)cc1C=C1SC(=Nc2ccc(F)cc2)NC1=O. The molecule has 2 aliphatic heterocycles. The number of benzene rings is 2. The summed E-state index contributed by atoms with van der Waals surface area (Å²) in [6.07, 6.45) is 3.84. The number of aliphatic imine (C=N–C) groups is 1. The second-order valence-corrected chi connectivity index (χ2v) is 7.84. The smallest absolute Gasteiger partial charge is 0.264 e. The van der Waals surface area contributed by atoms with Gasteiger partial charge < -0.3 is 10.2 Å². The minimum atomic E-state index is -0.345. The first-order valence-electron chi connectivity index (χ1n) is 9.10. The highest BCUT2D eigenvalue weighted by molar-refractivity contribution is 8.18. The molecule has 2 aromatic rings. The van der Waals surface area contributed by atoms with Crippen LogP contribution in [0.2, 0.25) is 0 Å². The predicted molar refractivity (Wildman–Crippen MR) is 110 cm³/mol. The summed E-state index contributed by atoms with van der Waals surface area (Å²) in [6.45, 7) is 3.66. The van der Waals surface area contributed by atoms with Gasteiger partial charge in [0, 0.05) is 13.1 Å². The fourth-order valence-corrected chi connectivity index (χ4v) is 4.12. The van der Waals surface area contributed by atoms with Crippen molar-refractivity contribution in [1.82, 2.24) is 5.32 Å². The van der Waals surface area contributed by atoms with Crippen molar-refractivity contribution >= 4 is 40.3 Å². The van der Waals surface area contributed by atoms with E-state index in [1.807, 2.05) is 13.0 Å². The summed E-state index contributed by atoms with van der Waals surface area (Å²) < 4.78 is 27.6. The fourth-order valence-electron chi connectivity index (χ4n) is 3.29. The zero-order valence-electron chi connectivity index (χ0n) is 15.3. The number of hydrogen-bond donors (Lipinski definition) is 1. The highest BCUT2D eigenvalue weighted by Gasteiger charge is 2.24. The molecule has 2 aliphatic rings. The lowest BCUT2D eigenvalue weighted by atomic mass is 10.1. The molecular weight excluding hydrogens is 380 g/mol. The zero-order chi connectivity index (χ0) is 19.7. The standard InChI is InChI=1S/C21H19F2N3OS/c1-13-10-18(26-8-2-3-9-26)17(23)11-14(13)12-19-20(27)25-21(28-19)24-16-6-4-15(22)5-7-16/h4-7,10-12H,2-3,8-9H2,1H3,(H,24,25,27). The monoisotopic (exact) mass is 399 g/mol. The lowest BCUT2D eigenvalue weighted by molar-refractivity contribution is -0.115. The van der Waals surface area contributed by atoms with E-state index < -0.39 is 0 Å². The molecule has 2 aromatic carbocycles. The van der Waals surface area contributed by atoms with Gasteiger partial charge in [-0.05, 0) is 85.1 Å². The first-order chi connectivity index (χ1) is 13.5. The Kier molecular flexibility index (Phi) is 5.17. The van der Waals surface area contributed by atoms with Gasteiger partial charge in [0.05, 0.1) is 16.3 Å². The predicted octanol–water partition coefficient (Wildman–Crippen LogP) is 4.77. The topological polar surface area (TPSA) is 44.7 Å². The van der Waals surface area contributed by atoms with Crippen LogP contribution >= 0.6 is 11.8 Å². The maximum atomic E-state index is 14.6. The third kappa shape index (κ3) is 3.94. The summed E-state index contributed by atoms with van der Waals surface area (Å²) >= 11 is 1.18. The summed E-state index contributed by atoms with van der Waals surface area (Å²) in [5.41, 5.74) is 2.75. The first-order valence-corrected chi connectivity index (χ1v) is 9.91. The molecule has 2 fully saturated rings. The minimum Gasteiger partial charge on any atom is -0.369 e. The highest BCUT2D eigenvalue weighted by atomic mass is 32.2. The largest absolute Gasteiger partial charge is 0.369 e. The highest BCUT2D eigenvalue weighted by Crippen LogP contribution is 2.31. The Labute approximate surface area is 166 Å². The van der Waals surface area contributed by atoms with E-state index in [9.17, 15) is 13.6 Å². The molecular formula is C21H19F2N3OS. The van der Waals surface area contributed by atoms with Crippen molar-refractivity contribution in [3.05, 3.63) is 64.1 Å². The van der Waals surface area contributed by atoms with Crippen LogP contribution in [0.4, 0.5) is 20.2 Å². The van der Waals surface area contributed by atoms with Crippen LogP contribution in [0.1, 0.15) is 24.0 Å². The second kappa shape index (κ2) is 7.75. The van der Waals surface area contributed by atoms with E-state index in [-0.39, 0.29) is 17.5 Å². The van der Waals surface area contributed by atoms with Crippen molar-refractivity contribution in [3.8, 4) is 0 Å². The van der Waals surface area contributed by atoms with Gasteiger partial charge in [0.25, 0.3) is 5.91 Å². The molecule has 4 nitrogen and oxygen atoms in total. The van der Waals surface area contributed by atoms with Crippen LogP contribution in [0, 0.1) is 18.6 Å². The van der Waals surface area contributed by atoms with Crippen molar-refractivity contribution in [2.24, 2.45) is 4.99 Å². The van der Waals surface area contributed by atoms with Crippen LogP contribution in [-0.2, 0) is 4.79 Å². The van der Waals surface area contributed by atoms with Crippen LogP contribution < -0.4 is 10.2 Å². The van der Waals surface area contributed by atoms with Crippen LogP contribution in [0.25, 0.3) is 6.08 Å². The number of nitrogens with one attached hydrogen (secondary N) is 1. The lowest BCUT2D eigenvalue weighted by Gasteiger charge is -2.19. The summed E-state index contributed by atoms with van der Waals surface area (Å²) in [7, 11) is 0. The molecule has 0 aromatic heterocycles. The van der Waals surface area contributed by atoms with Gasteiger partial charge in [-0.1, -0.05) is 0 Å². The number of anilines is 1. The average Bonchev–Trinajstić information content (AvgIpc) is 3.30. The number of amidine groups is 1. The number of amides is 1. The van der Waals surface area contributed by atoms with Crippen LogP contribution in [0.15, 0.2) is 46.3 Å². The molecule has 1 amide bonds. The Hall–Kier alpha value is -2.67. The van der Waals surface area contributed by atoms with Crippen molar-refractivity contribution < 1.29 is 13.6 Å². The van der Waals surface area contributed by atoms with Gasteiger partial charge in [0.1, 0.15) is 11.6 Å². The van der Waals surface area contributed by atoms with Crippen molar-refractivity contribution in [1.29, 1.82) is 0 Å². The molecule has 0 bridgehead atoms. The van der Waals surface area contributed by atoms with E-state index in [0.717, 1.165) is 31.5 Å². The Bertz CT molecular complexity index is 980. The Morgan fingerprint density at radius 3 is 2.57 bits per heavy atom. The summed E-state index contributed by atoms with van der Waals surface area (Å²) in [5.74, 6) is -0.903. The van der Waals surface area contributed by atoms with E-state index in [4.69, 9.17) is 0 Å². The Morgan fingerprint density at radius 1 is 1.14 bits per heavy atom. The molecule has 144 valence electrons. The first kappa shape index (κ1) is 18.7. The fraction of sp³-hybridized carbons (Fsp3) is 0.238. The number of carbonyl (C=O) groups excluding carboxylic acids is 1. The minimum absolute atomic E-state index is 0.275. The molecule has 2 heterocycles. The number of nitrogens with zero attached hydrogens (tertiary/aromatic N) is 2. The summed E-state index contributed by atoms with van der Waals surface area (Å²) in [5, 5.41) is 3.10. The number of rotatable bonds is 3. The Morgan fingerprint density at radius 2 is 1.86 bits per heavy atom. The normalized spacial score (nSPS) is 19.7. The molecule has 2 saturated heterocycles. The number of halogens is 2. The van der Waals surface area contributed by atoms with Crippen LogP contribution in [0.3, 0.4) is 0 Å². The number of thioether (sulfide) groups is 1. The Balaban J connectivity index is 1.57. The van der Waals surface area contributed by atoms with Crippen LogP contribution in [0.5, 0.6) is 0 Å². The molecule has 1 N–H and O–H groups in total. The molecule has 0 unspecified atom stereocenters. The van der Waals surface area contributed by atoms with E-state index in [0.29, 0.717) is 27.0 Å². The summed E-state index contributed by atoms with van der Waals surface area (Å²) in [6, 6.07) is 9.02. The molecule has 28 heavy (non-hydrogen) atoms. The third-order valence-electron chi connectivity index (χ3n) is 4.78. The van der Waals surface area contributed by atoms with Gasteiger partial charge in [-0.15, -0.1) is 0 Å². The molecule has 0 radical (unpaired) electrons. The van der Waals surface area contributed by atoms with Gasteiger partial charge in [-0.25, -0.2) is 13.8 Å². The maximum Gasteiger partial charge on any atom is 0.264 e. The van der Waals surface area contributed by atoms with E-state index in [1.165, 1.54) is 42.1 Å². The number of hydrogen-bond acceptors (Lipinski definition) is 4. The number of aryl methyl sites for hydroxylation is 1. The van der Waals surface area contributed by atoms with Crippen molar-refractivity contribution in [2.45, 2.75) is 19.8 Å². The average molecular weight is 399 g/mol. The molecule has 4 rings (SSSR count). The lowest BCUT2D eigenvalue weighted by Crippen LogP contribution is -2.19. The number of carbonyl (C=O) groups is 1. The molecule has 0 atom stereocenters. The van der Waals surface area contributed by atoms with E-state index >= 15 is 0 Å². The molecule has 0 spiro atoms. The van der Waals surface area contributed by atoms with Crippen molar-refractivity contribution in [2.75, 3.05) is 18.0 Å². The van der Waals surface area contributed by atoms with Gasteiger partial charge in [0.2, 0.25) is 0 Å². The van der Waals surface area contributed by atoms with Gasteiger partial charge >= 0.3 is 0 Å². The van der Waals surface area contributed by atoms with Gasteiger partial charge in [0.15, 0.2) is 5.17 Å². The maximum absolute atomic E-state index is 14.6.